The van der Waals surface area contributed by atoms with Gasteiger partial charge in [0.2, 0.25) is 11.8 Å². The monoisotopic (exact) mass is 480 g/mol. The van der Waals surface area contributed by atoms with Gasteiger partial charge in [0.05, 0.1) is 18.7 Å². The summed E-state index contributed by atoms with van der Waals surface area (Å²) in [7, 11) is 0. The van der Waals surface area contributed by atoms with Gasteiger partial charge >= 0.3 is 0 Å². The molecule has 35 heavy (non-hydrogen) atoms. The molecule has 2 heterocycles. The molecule has 0 spiro atoms. The number of ketones is 1. The minimum absolute atomic E-state index is 0.0662. The number of piperazine rings is 2. The predicted molar refractivity (Wildman–Crippen MR) is 133 cm³/mol. The van der Waals surface area contributed by atoms with Crippen LogP contribution in [0.3, 0.4) is 0 Å². The SMILES string of the molecule is CC(=O)c1ccc(N2CCN(C(=O)CN3CCN(C(=O)Cc4ccc(C)cc4)CC3)CC2)c(F)c1. The maximum Gasteiger partial charge on any atom is 0.236 e. The zero-order chi connectivity index (χ0) is 24.9. The zero-order valence-electron chi connectivity index (χ0n) is 20.5. The summed E-state index contributed by atoms with van der Waals surface area (Å²) in [5.74, 6) is -0.384. The van der Waals surface area contributed by atoms with Gasteiger partial charge in [-0.25, -0.2) is 4.39 Å². The van der Waals surface area contributed by atoms with E-state index in [2.05, 4.69) is 4.90 Å². The van der Waals surface area contributed by atoms with Crippen LogP contribution in [0.4, 0.5) is 10.1 Å². The Kier molecular flexibility index (Phi) is 7.80. The largest absolute Gasteiger partial charge is 0.366 e. The first kappa shape index (κ1) is 24.9. The Morgan fingerprint density at radius 1 is 0.800 bits per heavy atom. The first-order valence-corrected chi connectivity index (χ1v) is 12.2. The van der Waals surface area contributed by atoms with Gasteiger partial charge in [0.1, 0.15) is 5.82 Å². The first-order chi connectivity index (χ1) is 16.8. The van der Waals surface area contributed by atoms with Crippen molar-refractivity contribution >= 4 is 23.3 Å². The van der Waals surface area contributed by atoms with Crippen molar-refractivity contribution in [2.24, 2.45) is 0 Å². The van der Waals surface area contributed by atoms with Gasteiger partial charge in [0, 0.05) is 57.9 Å². The first-order valence-electron chi connectivity index (χ1n) is 12.2. The summed E-state index contributed by atoms with van der Waals surface area (Å²) in [5.41, 5.74) is 3.02. The summed E-state index contributed by atoms with van der Waals surface area (Å²) in [5, 5.41) is 0. The average molecular weight is 481 g/mol. The van der Waals surface area contributed by atoms with Crippen LogP contribution in [0.5, 0.6) is 0 Å². The summed E-state index contributed by atoms with van der Waals surface area (Å²) in [6, 6.07) is 12.6. The molecule has 2 aromatic rings. The summed E-state index contributed by atoms with van der Waals surface area (Å²) < 4.78 is 14.5. The van der Waals surface area contributed by atoms with Crippen LogP contribution >= 0.6 is 0 Å². The number of Topliss-reactive ketones (excluding diaryl/α,β-unsaturated/α-hetero) is 1. The highest BCUT2D eigenvalue weighted by atomic mass is 19.1. The van der Waals surface area contributed by atoms with Crippen molar-refractivity contribution in [3.05, 3.63) is 65.0 Å². The van der Waals surface area contributed by atoms with E-state index < -0.39 is 5.82 Å². The number of carbonyl (C=O) groups excluding carboxylic acids is 3. The van der Waals surface area contributed by atoms with Crippen LogP contribution in [-0.4, -0.2) is 91.2 Å². The molecular weight excluding hydrogens is 447 g/mol. The molecule has 186 valence electrons. The van der Waals surface area contributed by atoms with E-state index in [0.717, 1.165) is 5.56 Å². The summed E-state index contributed by atoms with van der Waals surface area (Å²) in [6.45, 7) is 8.54. The molecule has 2 aliphatic rings. The summed E-state index contributed by atoms with van der Waals surface area (Å²) in [4.78, 5) is 44.7. The van der Waals surface area contributed by atoms with Gasteiger partial charge in [-0.15, -0.1) is 0 Å². The normalized spacial score (nSPS) is 16.9. The van der Waals surface area contributed by atoms with Crippen LogP contribution in [0, 0.1) is 12.7 Å². The van der Waals surface area contributed by atoms with Gasteiger partial charge < -0.3 is 14.7 Å². The van der Waals surface area contributed by atoms with Crippen molar-refractivity contribution in [2.45, 2.75) is 20.3 Å². The molecule has 4 rings (SSSR count). The fourth-order valence-electron chi connectivity index (χ4n) is 4.62. The highest BCUT2D eigenvalue weighted by molar-refractivity contribution is 5.94. The quantitative estimate of drug-likeness (QED) is 0.594. The number of hydrogen-bond acceptors (Lipinski definition) is 5. The van der Waals surface area contributed by atoms with E-state index in [1.807, 2.05) is 45.9 Å². The summed E-state index contributed by atoms with van der Waals surface area (Å²) >= 11 is 0. The molecule has 2 amide bonds. The smallest absolute Gasteiger partial charge is 0.236 e. The Morgan fingerprint density at radius 3 is 2.00 bits per heavy atom. The molecule has 0 aromatic heterocycles. The lowest BCUT2D eigenvalue weighted by Gasteiger charge is -2.38. The maximum atomic E-state index is 14.5. The van der Waals surface area contributed by atoms with Crippen LogP contribution in [0.25, 0.3) is 0 Å². The number of anilines is 1. The van der Waals surface area contributed by atoms with Crippen molar-refractivity contribution in [2.75, 3.05) is 63.8 Å². The topological polar surface area (TPSA) is 64.2 Å². The second-order valence-electron chi connectivity index (χ2n) is 9.41. The molecule has 0 bridgehead atoms. The van der Waals surface area contributed by atoms with Crippen LogP contribution in [-0.2, 0) is 16.0 Å². The molecule has 7 nitrogen and oxygen atoms in total. The second-order valence-corrected chi connectivity index (χ2v) is 9.41. The second kappa shape index (κ2) is 11.0. The lowest BCUT2D eigenvalue weighted by Crippen LogP contribution is -2.54. The number of hydrogen-bond donors (Lipinski definition) is 0. The highest BCUT2D eigenvalue weighted by Crippen LogP contribution is 2.22. The van der Waals surface area contributed by atoms with Crippen molar-refractivity contribution in [1.82, 2.24) is 14.7 Å². The number of rotatable bonds is 6. The van der Waals surface area contributed by atoms with Crippen molar-refractivity contribution in [3.63, 3.8) is 0 Å². The molecule has 8 heteroatoms. The van der Waals surface area contributed by atoms with Crippen molar-refractivity contribution < 1.29 is 18.8 Å². The Balaban J connectivity index is 1.21. The molecule has 2 saturated heterocycles. The zero-order valence-corrected chi connectivity index (χ0v) is 20.5. The third kappa shape index (κ3) is 6.25. The number of nitrogens with zero attached hydrogens (tertiary/aromatic N) is 4. The molecule has 0 radical (unpaired) electrons. The number of benzene rings is 2. The van der Waals surface area contributed by atoms with E-state index in [4.69, 9.17) is 0 Å². The van der Waals surface area contributed by atoms with Crippen molar-refractivity contribution in [3.8, 4) is 0 Å². The average Bonchev–Trinajstić information content (AvgIpc) is 2.86. The van der Waals surface area contributed by atoms with Gasteiger partial charge in [-0.1, -0.05) is 29.8 Å². The van der Waals surface area contributed by atoms with E-state index in [0.29, 0.717) is 76.6 Å². The van der Waals surface area contributed by atoms with Crippen LogP contribution in [0.2, 0.25) is 0 Å². The fourth-order valence-corrected chi connectivity index (χ4v) is 4.62. The molecule has 2 aromatic carbocycles. The van der Waals surface area contributed by atoms with E-state index in [1.165, 1.54) is 18.6 Å². The van der Waals surface area contributed by atoms with E-state index >= 15 is 0 Å². The minimum atomic E-state index is -0.410. The van der Waals surface area contributed by atoms with Crippen molar-refractivity contribution in [1.29, 1.82) is 0 Å². The Morgan fingerprint density at radius 2 is 1.40 bits per heavy atom. The number of carbonyl (C=O) groups is 3. The van der Waals surface area contributed by atoms with E-state index in [9.17, 15) is 18.8 Å². The third-order valence-corrected chi connectivity index (χ3v) is 6.89. The van der Waals surface area contributed by atoms with Gasteiger partial charge in [-0.2, -0.15) is 0 Å². The van der Waals surface area contributed by atoms with Gasteiger partial charge in [-0.05, 0) is 37.6 Å². The van der Waals surface area contributed by atoms with Crippen LogP contribution < -0.4 is 4.90 Å². The van der Waals surface area contributed by atoms with Gasteiger partial charge in [-0.3, -0.25) is 19.3 Å². The maximum absolute atomic E-state index is 14.5. The number of halogens is 1. The van der Waals surface area contributed by atoms with Crippen LogP contribution in [0.15, 0.2) is 42.5 Å². The molecule has 2 fully saturated rings. The highest BCUT2D eigenvalue weighted by Gasteiger charge is 2.27. The molecule has 0 saturated carbocycles. The van der Waals surface area contributed by atoms with Crippen LogP contribution in [0.1, 0.15) is 28.4 Å². The minimum Gasteiger partial charge on any atom is -0.366 e. The molecule has 0 atom stereocenters. The lowest BCUT2D eigenvalue weighted by atomic mass is 10.1. The Hall–Kier alpha value is -3.26. The number of aryl methyl sites for hydroxylation is 1. The predicted octanol–water partition coefficient (Wildman–Crippen LogP) is 2.37. The summed E-state index contributed by atoms with van der Waals surface area (Å²) in [6.07, 6.45) is 0.404. The molecular formula is C27H33FN4O3. The standard InChI is InChI=1S/C27H33FN4O3/c1-20-3-5-22(6-4-20)17-26(34)31-11-9-29(10-12-31)19-27(35)32-15-13-30(14-16-32)25-8-7-23(21(2)33)18-24(25)28/h3-8,18H,9-17,19H2,1-2H3. The molecule has 0 aliphatic carbocycles. The molecule has 2 aliphatic heterocycles. The van der Waals surface area contributed by atoms with Gasteiger partial charge in [0.15, 0.2) is 5.78 Å². The third-order valence-electron chi connectivity index (χ3n) is 6.89. The number of amides is 2. The molecule has 0 N–H and O–H groups in total. The molecule has 0 unspecified atom stereocenters. The van der Waals surface area contributed by atoms with Gasteiger partial charge in [0.25, 0.3) is 0 Å². The Labute approximate surface area is 206 Å². The van der Waals surface area contributed by atoms with E-state index in [1.54, 1.807) is 12.1 Å². The Bertz CT molecular complexity index is 1070. The van der Waals surface area contributed by atoms with E-state index in [-0.39, 0.29) is 17.6 Å². The lowest BCUT2D eigenvalue weighted by molar-refractivity contribution is -0.135. The fraction of sp³-hybridized carbons (Fsp3) is 0.444.